The Kier molecular flexibility index (Phi) is 28.8. The molecule has 0 saturated carbocycles. The molecular weight excluding hydrogens is 548 g/mol. The molecule has 0 aliphatic carbocycles. The van der Waals surface area contributed by atoms with Gasteiger partial charge in [-0.1, -0.05) is 122 Å². The van der Waals surface area contributed by atoms with Crippen molar-refractivity contribution in [2.45, 2.75) is 160 Å². The lowest BCUT2D eigenvalue weighted by atomic mass is 9.96. The first-order valence-electron chi connectivity index (χ1n) is 15.8. The van der Waals surface area contributed by atoms with Crippen molar-refractivity contribution in [3.8, 4) is 0 Å². The number of aliphatic hydroxyl groups is 3. The van der Waals surface area contributed by atoms with Crippen LogP contribution in [0.3, 0.4) is 0 Å². The molecule has 0 aliphatic heterocycles. The second-order valence-electron chi connectivity index (χ2n) is 11.1. The van der Waals surface area contributed by atoms with Crippen LogP contribution in [0.4, 0.5) is 0 Å². The van der Waals surface area contributed by atoms with Crippen LogP contribution < -0.4 is 0 Å². The molecule has 0 aromatic carbocycles. The second-order valence-corrected chi connectivity index (χ2v) is 11.1. The van der Waals surface area contributed by atoms with Crippen molar-refractivity contribution in [2.24, 2.45) is 0 Å². The smallest absolute Gasteiger partial charge is 0.336 e. The summed E-state index contributed by atoms with van der Waals surface area (Å²) in [6.45, 7) is 1.81. The van der Waals surface area contributed by atoms with Crippen LogP contribution in [0.15, 0.2) is 0 Å². The molecule has 0 spiro atoms. The highest BCUT2D eigenvalue weighted by molar-refractivity contribution is 5.88. The van der Waals surface area contributed by atoms with Gasteiger partial charge in [-0.05, 0) is 6.42 Å². The van der Waals surface area contributed by atoms with Crippen LogP contribution in [0.5, 0.6) is 0 Å². The van der Waals surface area contributed by atoms with E-state index in [-0.39, 0.29) is 19.2 Å². The number of rotatable bonds is 28. The largest absolute Gasteiger partial charge is 0.481 e. The first-order chi connectivity index (χ1) is 20.0. The summed E-state index contributed by atoms with van der Waals surface area (Å²) in [5.74, 6) is -5.29. The number of carboxylic acid groups (broad SMARTS) is 3. The highest BCUT2D eigenvalue weighted by Gasteiger charge is 2.40. The summed E-state index contributed by atoms with van der Waals surface area (Å²) in [6.07, 6.45) is 22.6. The van der Waals surface area contributed by atoms with Crippen LogP contribution in [-0.4, -0.2) is 79.4 Å². The summed E-state index contributed by atoms with van der Waals surface area (Å²) in [7, 11) is 0. The number of ether oxygens (including phenoxy) is 1. The highest BCUT2D eigenvalue weighted by Crippen LogP contribution is 2.16. The third-order valence-electron chi connectivity index (χ3n) is 6.92. The lowest BCUT2D eigenvalue weighted by molar-refractivity contribution is -0.170. The van der Waals surface area contributed by atoms with Gasteiger partial charge in [-0.2, -0.15) is 0 Å². The zero-order valence-electron chi connectivity index (χ0n) is 25.8. The summed E-state index contributed by atoms with van der Waals surface area (Å²) in [6, 6.07) is 0. The number of carboxylic acids is 3. The molecule has 0 radical (unpaired) electrons. The zero-order valence-corrected chi connectivity index (χ0v) is 25.8. The molecule has 42 heavy (non-hydrogen) atoms. The van der Waals surface area contributed by atoms with Crippen molar-refractivity contribution >= 4 is 23.9 Å². The molecule has 248 valence electrons. The predicted octanol–water partition coefficient (Wildman–Crippen LogP) is 5.46. The average Bonchev–Trinajstić information content (AvgIpc) is 2.92. The Morgan fingerprint density at radius 3 is 1.24 bits per heavy atom. The van der Waals surface area contributed by atoms with Gasteiger partial charge < -0.3 is 35.4 Å². The number of carbonyl (C=O) groups excluding carboxylic acids is 1. The van der Waals surface area contributed by atoms with E-state index in [0.717, 1.165) is 12.8 Å². The number of carbonyl (C=O) groups is 4. The minimum Gasteiger partial charge on any atom is -0.481 e. The molecule has 1 atom stereocenters. The minimum absolute atomic E-state index is 0.103. The van der Waals surface area contributed by atoms with E-state index in [2.05, 4.69) is 6.92 Å². The topological polar surface area (TPSA) is 199 Å². The standard InChI is InChI=1S/C25H50O4.C6H8O7/c1-2-3-4-5-6-7-8-9-10-11-12-13-14-15-16-17-18-19-20-21-25(28)29-23-24(27)22-26;7-3(8)1-6(13,5(11)12)2-4(9)10/h24,26-27H,2-23H2,1H3;13H,1-2H2,(H,7,8)(H,9,10)(H,11,12). The van der Waals surface area contributed by atoms with E-state index >= 15 is 0 Å². The van der Waals surface area contributed by atoms with Gasteiger partial charge in [0.2, 0.25) is 0 Å². The Morgan fingerprint density at radius 1 is 0.619 bits per heavy atom. The van der Waals surface area contributed by atoms with E-state index in [0.29, 0.717) is 6.42 Å². The Balaban J connectivity index is 0. The van der Waals surface area contributed by atoms with Crippen LogP contribution in [0.2, 0.25) is 0 Å². The molecule has 1 unspecified atom stereocenters. The van der Waals surface area contributed by atoms with Gasteiger partial charge in [0.05, 0.1) is 19.4 Å². The van der Waals surface area contributed by atoms with Gasteiger partial charge >= 0.3 is 23.9 Å². The fourth-order valence-electron chi connectivity index (χ4n) is 4.38. The maximum atomic E-state index is 11.4. The fraction of sp³-hybridized carbons (Fsp3) is 0.871. The molecule has 11 nitrogen and oxygen atoms in total. The molecule has 0 aromatic rings. The summed E-state index contributed by atoms with van der Waals surface area (Å²) >= 11 is 0. The summed E-state index contributed by atoms with van der Waals surface area (Å²) < 4.78 is 4.88. The molecule has 0 aromatic heterocycles. The molecular formula is C31H58O11. The SMILES string of the molecule is CCCCCCCCCCCCCCCCCCCCCC(=O)OCC(O)CO.O=C(O)CC(O)(CC(=O)O)C(=O)O. The molecule has 6 N–H and O–H groups in total. The van der Waals surface area contributed by atoms with Gasteiger partial charge in [0, 0.05) is 6.42 Å². The summed E-state index contributed by atoms with van der Waals surface area (Å²) in [4.78, 5) is 41.9. The molecule has 0 rings (SSSR count). The molecule has 0 amide bonds. The van der Waals surface area contributed by atoms with Gasteiger partial charge in [0.1, 0.15) is 12.7 Å². The van der Waals surface area contributed by atoms with Crippen molar-refractivity contribution in [3.05, 3.63) is 0 Å². The van der Waals surface area contributed by atoms with Gasteiger partial charge in [0.15, 0.2) is 5.60 Å². The maximum Gasteiger partial charge on any atom is 0.336 e. The maximum absolute atomic E-state index is 11.4. The van der Waals surface area contributed by atoms with E-state index in [1.54, 1.807) is 0 Å². The average molecular weight is 607 g/mol. The van der Waals surface area contributed by atoms with Crippen LogP contribution >= 0.6 is 0 Å². The Morgan fingerprint density at radius 2 is 0.952 bits per heavy atom. The molecule has 0 aliphatic rings. The van der Waals surface area contributed by atoms with Crippen molar-refractivity contribution in [1.82, 2.24) is 0 Å². The van der Waals surface area contributed by atoms with Crippen molar-refractivity contribution in [3.63, 3.8) is 0 Å². The summed E-state index contributed by atoms with van der Waals surface area (Å²) in [5.41, 5.74) is -2.74. The number of aliphatic carboxylic acids is 3. The Bertz CT molecular complexity index is 680. The van der Waals surface area contributed by atoms with Crippen LogP contribution in [0, 0.1) is 0 Å². The van der Waals surface area contributed by atoms with Crippen molar-refractivity contribution in [1.29, 1.82) is 0 Å². The molecule has 0 fully saturated rings. The third-order valence-corrected chi connectivity index (χ3v) is 6.92. The van der Waals surface area contributed by atoms with Crippen LogP contribution in [0.1, 0.15) is 148 Å². The number of aliphatic hydroxyl groups excluding tert-OH is 2. The van der Waals surface area contributed by atoms with E-state index in [9.17, 15) is 19.2 Å². The van der Waals surface area contributed by atoms with Crippen molar-refractivity contribution in [2.75, 3.05) is 13.2 Å². The first-order valence-corrected chi connectivity index (χ1v) is 15.8. The van der Waals surface area contributed by atoms with E-state index in [4.69, 9.17) is 35.4 Å². The highest BCUT2D eigenvalue weighted by atomic mass is 16.5. The Hall–Kier alpha value is -2.24. The zero-order chi connectivity index (χ0) is 32.1. The predicted molar refractivity (Wildman–Crippen MR) is 159 cm³/mol. The van der Waals surface area contributed by atoms with Gasteiger partial charge in [0.25, 0.3) is 0 Å². The number of hydrogen-bond donors (Lipinski definition) is 6. The quantitative estimate of drug-likeness (QED) is 0.0488. The second kappa shape index (κ2) is 28.9. The van der Waals surface area contributed by atoms with Crippen LogP contribution in [-0.2, 0) is 23.9 Å². The molecule has 11 heteroatoms. The Labute approximate surface area is 251 Å². The number of esters is 1. The normalized spacial score (nSPS) is 11.8. The lowest BCUT2D eigenvalue weighted by Crippen LogP contribution is -2.42. The third kappa shape index (κ3) is 29.3. The lowest BCUT2D eigenvalue weighted by Gasteiger charge is -2.18. The molecule has 0 heterocycles. The van der Waals surface area contributed by atoms with Gasteiger partial charge in [-0.25, -0.2) is 4.79 Å². The first kappa shape index (κ1) is 41.9. The number of unbranched alkanes of at least 4 members (excludes halogenated alkanes) is 18. The monoisotopic (exact) mass is 606 g/mol. The fourth-order valence-corrected chi connectivity index (χ4v) is 4.38. The van der Waals surface area contributed by atoms with Gasteiger partial charge in [-0.15, -0.1) is 0 Å². The van der Waals surface area contributed by atoms with Crippen LogP contribution in [0.25, 0.3) is 0 Å². The molecule has 0 bridgehead atoms. The summed E-state index contributed by atoms with van der Waals surface area (Å²) in [5, 5.41) is 51.6. The minimum atomic E-state index is -2.74. The van der Waals surface area contributed by atoms with E-state index in [1.165, 1.54) is 109 Å². The van der Waals surface area contributed by atoms with E-state index < -0.39 is 42.5 Å². The number of hydrogen-bond acceptors (Lipinski definition) is 8. The van der Waals surface area contributed by atoms with E-state index in [1.807, 2.05) is 0 Å². The molecule has 0 saturated heterocycles. The van der Waals surface area contributed by atoms with Gasteiger partial charge in [-0.3, -0.25) is 14.4 Å². The van der Waals surface area contributed by atoms with Crippen molar-refractivity contribution < 1.29 is 54.6 Å².